The van der Waals surface area contributed by atoms with Crippen molar-refractivity contribution < 1.29 is 4.79 Å². The molecule has 0 aliphatic rings. The summed E-state index contributed by atoms with van der Waals surface area (Å²) >= 11 is 0. The SMILES string of the molecule is CC(C)Cc1ccc(CC(=O)N(C)CC(C)(C)CN)cc1. The summed E-state index contributed by atoms with van der Waals surface area (Å²) in [5.74, 6) is 0.801. The van der Waals surface area contributed by atoms with Gasteiger partial charge in [-0.2, -0.15) is 0 Å². The third kappa shape index (κ3) is 6.30. The predicted octanol–water partition coefficient (Wildman–Crippen LogP) is 2.87. The van der Waals surface area contributed by atoms with Crippen molar-refractivity contribution in [2.75, 3.05) is 20.1 Å². The highest BCUT2D eigenvalue weighted by molar-refractivity contribution is 5.78. The molecule has 2 N–H and O–H groups in total. The molecule has 0 fully saturated rings. The van der Waals surface area contributed by atoms with Gasteiger partial charge in [-0.15, -0.1) is 0 Å². The number of carbonyl (C=O) groups is 1. The Morgan fingerprint density at radius 2 is 1.71 bits per heavy atom. The van der Waals surface area contributed by atoms with Gasteiger partial charge in [-0.05, 0) is 35.4 Å². The molecule has 1 aromatic rings. The van der Waals surface area contributed by atoms with Gasteiger partial charge in [0.1, 0.15) is 0 Å². The molecule has 0 heterocycles. The Bertz CT molecular complexity index is 449. The molecule has 1 rings (SSSR count). The normalized spacial score (nSPS) is 11.8. The molecule has 21 heavy (non-hydrogen) atoms. The first-order valence-corrected chi connectivity index (χ1v) is 7.75. The van der Waals surface area contributed by atoms with E-state index in [1.54, 1.807) is 4.90 Å². The Balaban J connectivity index is 2.58. The molecule has 1 aromatic carbocycles. The predicted molar refractivity (Wildman–Crippen MR) is 89.2 cm³/mol. The third-order valence-electron chi connectivity index (χ3n) is 3.67. The highest BCUT2D eigenvalue weighted by atomic mass is 16.2. The summed E-state index contributed by atoms with van der Waals surface area (Å²) in [6.45, 7) is 9.86. The van der Waals surface area contributed by atoms with Crippen LogP contribution in [0.4, 0.5) is 0 Å². The number of amides is 1. The maximum atomic E-state index is 12.3. The Hall–Kier alpha value is -1.35. The summed E-state index contributed by atoms with van der Waals surface area (Å²) in [6, 6.07) is 8.40. The van der Waals surface area contributed by atoms with Crippen molar-refractivity contribution in [3.63, 3.8) is 0 Å². The average molecular weight is 290 g/mol. The number of nitrogens with two attached hydrogens (primary N) is 1. The van der Waals surface area contributed by atoms with E-state index in [4.69, 9.17) is 5.73 Å². The Morgan fingerprint density at radius 3 is 2.19 bits per heavy atom. The van der Waals surface area contributed by atoms with Gasteiger partial charge in [-0.3, -0.25) is 4.79 Å². The summed E-state index contributed by atoms with van der Waals surface area (Å²) in [5.41, 5.74) is 8.10. The van der Waals surface area contributed by atoms with Crippen LogP contribution in [0, 0.1) is 11.3 Å². The Labute approximate surface area is 129 Å². The summed E-state index contributed by atoms with van der Waals surface area (Å²) < 4.78 is 0. The van der Waals surface area contributed by atoms with Crippen LogP contribution in [-0.2, 0) is 17.6 Å². The van der Waals surface area contributed by atoms with E-state index < -0.39 is 0 Å². The fourth-order valence-corrected chi connectivity index (χ4v) is 2.37. The number of rotatable bonds is 7. The van der Waals surface area contributed by atoms with Crippen LogP contribution in [0.15, 0.2) is 24.3 Å². The second-order valence-corrected chi connectivity index (χ2v) is 7.21. The van der Waals surface area contributed by atoms with E-state index in [-0.39, 0.29) is 11.3 Å². The van der Waals surface area contributed by atoms with Crippen LogP contribution in [0.1, 0.15) is 38.8 Å². The Kier molecular flexibility index (Phi) is 6.41. The lowest BCUT2D eigenvalue weighted by atomic mass is 9.93. The van der Waals surface area contributed by atoms with Gasteiger partial charge >= 0.3 is 0 Å². The first kappa shape index (κ1) is 17.7. The van der Waals surface area contributed by atoms with E-state index in [1.807, 2.05) is 7.05 Å². The lowest BCUT2D eigenvalue weighted by Gasteiger charge is -2.29. The van der Waals surface area contributed by atoms with Crippen molar-refractivity contribution >= 4 is 5.91 Å². The van der Waals surface area contributed by atoms with Gasteiger partial charge in [-0.25, -0.2) is 0 Å². The molecule has 0 unspecified atom stereocenters. The van der Waals surface area contributed by atoms with Crippen LogP contribution >= 0.6 is 0 Å². The smallest absolute Gasteiger partial charge is 0.226 e. The lowest BCUT2D eigenvalue weighted by Crippen LogP contribution is -2.40. The molecule has 0 aliphatic heterocycles. The van der Waals surface area contributed by atoms with Crippen molar-refractivity contribution in [2.24, 2.45) is 17.1 Å². The second kappa shape index (κ2) is 7.60. The number of hydrogen-bond donors (Lipinski definition) is 1. The van der Waals surface area contributed by atoms with Crippen LogP contribution in [-0.4, -0.2) is 30.9 Å². The molecule has 1 amide bonds. The molecule has 0 atom stereocenters. The Morgan fingerprint density at radius 1 is 1.19 bits per heavy atom. The molecule has 3 heteroatoms. The van der Waals surface area contributed by atoms with Crippen LogP contribution in [0.2, 0.25) is 0 Å². The number of hydrogen-bond acceptors (Lipinski definition) is 2. The van der Waals surface area contributed by atoms with Crippen molar-refractivity contribution in [1.29, 1.82) is 0 Å². The summed E-state index contributed by atoms with van der Waals surface area (Å²) in [5, 5.41) is 0. The molecular formula is C18H30N2O. The molecule has 0 bridgehead atoms. The molecule has 0 aromatic heterocycles. The molecule has 0 aliphatic carbocycles. The van der Waals surface area contributed by atoms with Crippen LogP contribution < -0.4 is 5.73 Å². The average Bonchev–Trinajstić information content (AvgIpc) is 2.40. The van der Waals surface area contributed by atoms with Gasteiger partial charge in [0, 0.05) is 13.6 Å². The summed E-state index contributed by atoms with van der Waals surface area (Å²) in [7, 11) is 1.85. The fraction of sp³-hybridized carbons (Fsp3) is 0.611. The van der Waals surface area contributed by atoms with E-state index in [9.17, 15) is 4.79 Å². The van der Waals surface area contributed by atoms with Gasteiger partial charge in [0.25, 0.3) is 0 Å². The number of carbonyl (C=O) groups excluding carboxylic acids is 1. The van der Waals surface area contributed by atoms with Gasteiger partial charge in [-0.1, -0.05) is 52.0 Å². The largest absolute Gasteiger partial charge is 0.345 e. The van der Waals surface area contributed by atoms with Crippen molar-refractivity contribution in [3.05, 3.63) is 35.4 Å². The maximum Gasteiger partial charge on any atom is 0.226 e. The second-order valence-electron chi connectivity index (χ2n) is 7.21. The monoisotopic (exact) mass is 290 g/mol. The zero-order chi connectivity index (χ0) is 16.0. The van der Waals surface area contributed by atoms with Gasteiger partial charge in [0.15, 0.2) is 0 Å². The van der Waals surface area contributed by atoms with E-state index >= 15 is 0 Å². The molecule has 118 valence electrons. The minimum atomic E-state index is -0.0362. The third-order valence-corrected chi connectivity index (χ3v) is 3.67. The van der Waals surface area contributed by atoms with E-state index in [0.29, 0.717) is 25.4 Å². The molecule has 0 saturated heterocycles. The zero-order valence-electron chi connectivity index (χ0n) is 14.1. The van der Waals surface area contributed by atoms with Crippen molar-refractivity contribution in [2.45, 2.75) is 40.5 Å². The van der Waals surface area contributed by atoms with Crippen molar-refractivity contribution in [3.8, 4) is 0 Å². The number of likely N-dealkylation sites (N-methyl/N-ethyl adjacent to an activating group) is 1. The molecular weight excluding hydrogens is 260 g/mol. The molecule has 3 nitrogen and oxygen atoms in total. The standard InChI is InChI=1S/C18H30N2O/c1-14(2)10-15-6-8-16(9-7-15)11-17(21)20(5)13-18(3,4)12-19/h6-9,14H,10-13,19H2,1-5H3. The highest BCUT2D eigenvalue weighted by Crippen LogP contribution is 2.15. The lowest BCUT2D eigenvalue weighted by molar-refractivity contribution is -0.130. The van der Waals surface area contributed by atoms with E-state index in [2.05, 4.69) is 52.0 Å². The molecule has 0 radical (unpaired) electrons. The first-order valence-electron chi connectivity index (χ1n) is 7.75. The quantitative estimate of drug-likeness (QED) is 0.839. The number of benzene rings is 1. The van der Waals surface area contributed by atoms with E-state index in [1.165, 1.54) is 5.56 Å². The van der Waals surface area contributed by atoms with Crippen LogP contribution in [0.3, 0.4) is 0 Å². The first-order chi connectivity index (χ1) is 9.73. The van der Waals surface area contributed by atoms with Crippen LogP contribution in [0.5, 0.6) is 0 Å². The summed E-state index contributed by atoms with van der Waals surface area (Å²) in [4.78, 5) is 14.0. The highest BCUT2D eigenvalue weighted by Gasteiger charge is 2.21. The fourth-order valence-electron chi connectivity index (χ4n) is 2.37. The van der Waals surface area contributed by atoms with Gasteiger partial charge in [0.2, 0.25) is 5.91 Å². The minimum Gasteiger partial charge on any atom is -0.345 e. The van der Waals surface area contributed by atoms with E-state index in [0.717, 1.165) is 12.0 Å². The summed E-state index contributed by atoms with van der Waals surface area (Å²) in [6.07, 6.45) is 1.54. The van der Waals surface area contributed by atoms with Gasteiger partial charge in [0.05, 0.1) is 6.42 Å². The van der Waals surface area contributed by atoms with Crippen LogP contribution in [0.25, 0.3) is 0 Å². The van der Waals surface area contributed by atoms with Gasteiger partial charge < -0.3 is 10.6 Å². The topological polar surface area (TPSA) is 46.3 Å². The molecule has 0 saturated carbocycles. The zero-order valence-corrected chi connectivity index (χ0v) is 14.1. The molecule has 0 spiro atoms. The van der Waals surface area contributed by atoms with Crippen molar-refractivity contribution in [1.82, 2.24) is 4.90 Å². The minimum absolute atomic E-state index is 0.0362. The maximum absolute atomic E-state index is 12.3. The number of nitrogens with zero attached hydrogens (tertiary/aromatic N) is 1.